The van der Waals surface area contributed by atoms with Crippen LogP contribution in [0.4, 0.5) is 11.4 Å². The van der Waals surface area contributed by atoms with E-state index in [0.29, 0.717) is 35.7 Å². The van der Waals surface area contributed by atoms with Gasteiger partial charge in [0.2, 0.25) is 12.7 Å². The van der Waals surface area contributed by atoms with Crippen LogP contribution >= 0.6 is 0 Å². The summed E-state index contributed by atoms with van der Waals surface area (Å²) in [6, 6.07) is 14.4. The Balaban J connectivity index is 1.47. The van der Waals surface area contributed by atoms with Crippen molar-refractivity contribution in [3.63, 3.8) is 0 Å². The Morgan fingerprint density at radius 1 is 1.09 bits per heavy atom. The molecule has 1 aliphatic rings. The highest BCUT2D eigenvalue weighted by atomic mass is 16.7. The molecule has 23 heavy (non-hydrogen) atoms. The number of rotatable bonds is 5. The highest BCUT2D eigenvalue weighted by Gasteiger charge is 2.13. The first kappa shape index (κ1) is 14.7. The number of nitrogens with zero attached hydrogens (tertiary/aromatic N) is 1. The third-order valence-corrected chi connectivity index (χ3v) is 3.35. The molecule has 1 heterocycles. The standard InChI is InChI=1S/C17H15N3O3/c18-10-12-1-3-13(4-2-12)19-8-7-17(21)20-14-5-6-15-16(9-14)23-11-22-15/h1-6,9,19H,7-8,11H2,(H,20,21). The van der Waals surface area contributed by atoms with Crippen LogP contribution in [0.1, 0.15) is 12.0 Å². The number of hydrogen-bond donors (Lipinski definition) is 2. The first-order valence-corrected chi connectivity index (χ1v) is 7.18. The summed E-state index contributed by atoms with van der Waals surface area (Å²) < 4.78 is 10.5. The van der Waals surface area contributed by atoms with Crippen molar-refractivity contribution in [2.24, 2.45) is 0 Å². The van der Waals surface area contributed by atoms with Gasteiger partial charge in [0.1, 0.15) is 0 Å². The van der Waals surface area contributed by atoms with Gasteiger partial charge >= 0.3 is 0 Å². The molecule has 1 amide bonds. The summed E-state index contributed by atoms with van der Waals surface area (Å²) in [4.78, 5) is 11.9. The molecule has 2 aromatic carbocycles. The lowest BCUT2D eigenvalue weighted by atomic mass is 10.2. The van der Waals surface area contributed by atoms with Crippen LogP contribution < -0.4 is 20.1 Å². The SMILES string of the molecule is N#Cc1ccc(NCCC(=O)Nc2ccc3c(c2)OCO3)cc1. The Labute approximate surface area is 133 Å². The van der Waals surface area contributed by atoms with Gasteiger partial charge in [-0.05, 0) is 36.4 Å². The lowest BCUT2D eigenvalue weighted by Crippen LogP contribution is -2.16. The van der Waals surface area contributed by atoms with E-state index < -0.39 is 0 Å². The lowest BCUT2D eigenvalue weighted by Gasteiger charge is -2.08. The monoisotopic (exact) mass is 309 g/mol. The zero-order chi connectivity index (χ0) is 16.1. The van der Waals surface area contributed by atoms with Crippen molar-refractivity contribution in [1.82, 2.24) is 0 Å². The van der Waals surface area contributed by atoms with E-state index in [1.165, 1.54) is 0 Å². The van der Waals surface area contributed by atoms with E-state index in [1.54, 1.807) is 30.3 Å². The van der Waals surface area contributed by atoms with Crippen LogP contribution in [0.15, 0.2) is 42.5 Å². The number of benzene rings is 2. The highest BCUT2D eigenvalue weighted by molar-refractivity contribution is 5.91. The third kappa shape index (κ3) is 3.71. The largest absolute Gasteiger partial charge is 0.454 e. The first-order valence-electron chi connectivity index (χ1n) is 7.18. The Bertz CT molecular complexity index is 751. The molecule has 1 aliphatic heterocycles. The topological polar surface area (TPSA) is 83.4 Å². The zero-order valence-electron chi connectivity index (χ0n) is 12.3. The summed E-state index contributed by atoms with van der Waals surface area (Å²) in [5.74, 6) is 1.23. The fourth-order valence-corrected chi connectivity index (χ4v) is 2.18. The Kier molecular flexibility index (Phi) is 4.29. The molecule has 0 aromatic heterocycles. The van der Waals surface area contributed by atoms with Crippen LogP contribution in [-0.2, 0) is 4.79 Å². The quantitative estimate of drug-likeness (QED) is 0.887. The molecule has 0 aliphatic carbocycles. The number of anilines is 2. The molecule has 0 radical (unpaired) electrons. The Hall–Kier alpha value is -3.20. The number of hydrogen-bond acceptors (Lipinski definition) is 5. The summed E-state index contributed by atoms with van der Waals surface area (Å²) >= 11 is 0. The maximum atomic E-state index is 11.9. The van der Waals surface area contributed by atoms with Crippen LogP contribution in [0.25, 0.3) is 0 Å². The van der Waals surface area contributed by atoms with Crippen LogP contribution in [0.5, 0.6) is 11.5 Å². The van der Waals surface area contributed by atoms with E-state index in [9.17, 15) is 4.79 Å². The van der Waals surface area contributed by atoms with Crippen molar-refractivity contribution in [3.8, 4) is 17.6 Å². The Morgan fingerprint density at radius 2 is 1.83 bits per heavy atom. The molecule has 116 valence electrons. The van der Waals surface area contributed by atoms with Gasteiger partial charge in [-0.15, -0.1) is 0 Å². The van der Waals surface area contributed by atoms with Crippen molar-refractivity contribution in [2.45, 2.75) is 6.42 Å². The molecule has 0 unspecified atom stereocenters. The minimum atomic E-state index is -0.0926. The average Bonchev–Trinajstić information content (AvgIpc) is 3.03. The zero-order valence-corrected chi connectivity index (χ0v) is 12.3. The number of fused-ring (bicyclic) bond motifs is 1. The molecule has 6 nitrogen and oxygen atoms in total. The van der Waals surface area contributed by atoms with E-state index >= 15 is 0 Å². The van der Waals surface area contributed by atoms with Gasteiger partial charge in [-0.2, -0.15) is 5.26 Å². The van der Waals surface area contributed by atoms with Gasteiger partial charge in [0.25, 0.3) is 0 Å². The van der Waals surface area contributed by atoms with Gasteiger partial charge in [-0.1, -0.05) is 0 Å². The second-order valence-electron chi connectivity index (χ2n) is 4.98. The molecule has 0 bridgehead atoms. The van der Waals surface area contributed by atoms with E-state index in [-0.39, 0.29) is 12.7 Å². The molecule has 0 spiro atoms. The Morgan fingerprint density at radius 3 is 2.61 bits per heavy atom. The van der Waals surface area contributed by atoms with Gasteiger partial charge in [0.15, 0.2) is 11.5 Å². The normalized spacial score (nSPS) is 11.6. The van der Waals surface area contributed by atoms with Crippen LogP contribution in [0.3, 0.4) is 0 Å². The number of amides is 1. The number of ether oxygens (including phenoxy) is 2. The summed E-state index contributed by atoms with van der Waals surface area (Å²) in [6.45, 7) is 0.712. The predicted octanol–water partition coefficient (Wildman–Crippen LogP) is 2.73. The maximum absolute atomic E-state index is 11.9. The molecular formula is C17H15N3O3. The molecule has 0 saturated heterocycles. The van der Waals surface area contributed by atoms with Crippen molar-refractivity contribution in [1.29, 1.82) is 5.26 Å². The minimum Gasteiger partial charge on any atom is -0.454 e. The lowest BCUT2D eigenvalue weighted by molar-refractivity contribution is -0.115. The van der Waals surface area contributed by atoms with Gasteiger partial charge in [-0.25, -0.2) is 0 Å². The molecule has 2 aromatic rings. The van der Waals surface area contributed by atoms with E-state index in [1.807, 2.05) is 12.1 Å². The maximum Gasteiger partial charge on any atom is 0.231 e. The number of carbonyl (C=O) groups is 1. The molecule has 0 atom stereocenters. The van der Waals surface area contributed by atoms with E-state index in [2.05, 4.69) is 16.7 Å². The third-order valence-electron chi connectivity index (χ3n) is 3.35. The van der Waals surface area contributed by atoms with Gasteiger partial charge in [-0.3, -0.25) is 4.79 Å². The predicted molar refractivity (Wildman–Crippen MR) is 85.5 cm³/mol. The number of nitrogens with one attached hydrogen (secondary N) is 2. The second-order valence-corrected chi connectivity index (χ2v) is 4.98. The average molecular weight is 309 g/mol. The van der Waals surface area contributed by atoms with Crippen LogP contribution in [-0.4, -0.2) is 19.2 Å². The van der Waals surface area contributed by atoms with Crippen molar-refractivity contribution >= 4 is 17.3 Å². The summed E-state index contributed by atoms with van der Waals surface area (Å²) in [7, 11) is 0. The fourth-order valence-electron chi connectivity index (χ4n) is 2.18. The number of nitriles is 1. The summed E-state index contributed by atoms with van der Waals surface area (Å²) in [6.07, 6.45) is 0.328. The summed E-state index contributed by atoms with van der Waals surface area (Å²) in [5, 5.41) is 14.7. The van der Waals surface area contributed by atoms with Gasteiger partial charge < -0.3 is 20.1 Å². The highest BCUT2D eigenvalue weighted by Crippen LogP contribution is 2.34. The molecule has 2 N–H and O–H groups in total. The molecular weight excluding hydrogens is 294 g/mol. The van der Waals surface area contributed by atoms with Crippen LogP contribution in [0.2, 0.25) is 0 Å². The first-order chi connectivity index (χ1) is 11.2. The van der Waals surface area contributed by atoms with E-state index in [4.69, 9.17) is 14.7 Å². The molecule has 0 saturated carbocycles. The second kappa shape index (κ2) is 6.71. The van der Waals surface area contributed by atoms with Crippen molar-refractivity contribution in [3.05, 3.63) is 48.0 Å². The van der Waals surface area contributed by atoms with Crippen LogP contribution in [0, 0.1) is 11.3 Å². The van der Waals surface area contributed by atoms with Gasteiger partial charge in [0, 0.05) is 30.4 Å². The molecule has 3 rings (SSSR count). The number of carbonyl (C=O) groups excluding carboxylic acids is 1. The fraction of sp³-hybridized carbons (Fsp3) is 0.176. The summed E-state index contributed by atoms with van der Waals surface area (Å²) in [5.41, 5.74) is 2.16. The van der Waals surface area contributed by atoms with Crippen molar-refractivity contribution in [2.75, 3.05) is 24.0 Å². The minimum absolute atomic E-state index is 0.0926. The molecule has 0 fully saturated rings. The molecule has 6 heteroatoms. The van der Waals surface area contributed by atoms with Gasteiger partial charge in [0.05, 0.1) is 11.6 Å². The smallest absolute Gasteiger partial charge is 0.231 e. The van der Waals surface area contributed by atoms with Crippen molar-refractivity contribution < 1.29 is 14.3 Å². The van der Waals surface area contributed by atoms with E-state index in [0.717, 1.165) is 5.69 Å².